The molecule has 5 aromatic rings. The molecule has 1 aliphatic rings. The lowest BCUT2D eigenvalue weighted by Gasteiger charge is -2.09. The second-order valence-corrected chi connectivity index (χ2v) is 9.15. The highest BCUT2D eigenvalue weighted by atomic mass is 32.1. The Labute approximate surface area is 183 Å². The van der Waals surface area contributed by atoms with Gasteiger partial charge in [-0.25, -0.2) is 4.98 Å². The molecule has 2 aromatic carbocycles. The van der Waals surface area contributed by atoms with Crippen LogP contribution in [0.2, 0.25) is 0 Å². The zero-order chi connectivity index (χ0) is 20.9. The summed E-state index contributed by atoms with van der Waals surface area (Å²) in [7, 11) is 0. The normalized spacial score (nSPS) is 14.2. The standard InChI is InChI=1S/C25H22N4OS/c1-2-28-20-9-5-3-7-17(20)19-13-16(11-12-21(19)28)14-27-29-15-26-24-23(25(29)30)18-8-4-6-10-22(18)31-24/h3,5,7,9,11-15H,2,4,6,8,10H2,1H3. The number of thiophene rings is 1. The van der Waals surface area contributed by atoms with Gasteiger partial charge in [0.15, 0.2) is 0 Å². The summed E-state index contributed by atoms with van der Waals surface area (Å²) in [5.41, 5.74) is 4.55. The number of aromatic nitrogens is 3. The van der Waals surface area contributed by atoms with E-state index in [1.165, 1.54) is 43.3 Å². The van der Waals surface area contributed by atoms with Crippen molar-refractivity contribution in [1.29, 1.82) is 0 Å². The second kappa shape index (κ2) is 7.17. The molecule has 0 aliphatic heterocycles. The van der Waals surface area contributed by atoms with E-state index in [1.807, 2.05) is 0 Å². The van der Waals surface area contributed by atoms with Gasteiger partial charge in [-0.3, -0.25) is 4.79 Å². The molecule has 31 heavy (non-hydrogen) atoms. The van der Waals surface area contributed by atoms with Gasteiger partial charge in [-0.05, 0) is 61.9 Å². The third-order valence-corrected chi connectivity index (χ3v) is 7.50. The summed E-state index contributed by atoms with van der Waals surface area (Å²) in [6.45, 7) is 3.09. The molecular formula is C25H22N4OS. The fourth-order valence-electron chi connectivity index (χ4n) is 4.84. The van der Waals surface area contributed by atoms with Crippen LogP contribution in [0.3, 0.4) is 0 Å². The van der Waals surface area contributed by atoms with Crippen LogP contribution in [0.4, 0.5) is 0 Å². The van der Waals surface area contributed by atoms with E-state index in [-0.39, 0.29) is 5.56 Å². The number of rotatable bonds is 3. The van der Waals surface area contributed by atoms with Crippen LogP contribution in [0, 0.1) is 0 Å². The number of aryl methyl sites for hydroxylation is 3. The SMILES string of the molecule is CCn1c2ccccc2c2cc(C=Nn3cnc4sc5c(c4c3=O)CCCC5)ccc21. The summed E-state index contributed by atoms with van der Waals surface area (Å²) in [5.74, 6) is 0. The first-order chi connectivity index (χ1) is 15.2. The van der Waals surface area contributed by atoms with Crippen LogP contribution in [0.25, 0.3) is 32.0 Å². The van der Waals surface area contributed by atoms with Crippen LogP contribution in [-0.2, 0) is 19.4 Å². The smallest absolute Gasteiger partial charge is 0.282 e. The largest absolute Gasteiger partial charge is 0.341 e. The Kier molecular flexibility index (Phi) is 4.28. The van der Waals surface area contributed by atoms with Gasteiger partial charge in [0.05, 0.1) is 11.6 Å². The summed E-state index contributed by atoms with van der Waals surface area (Å²) >= 11 is 1.67. The molecule has 6 rings (SSSR count). The lowest BCUT2D eigenvalue weighted by Crippen LogP contribution is -2.18. The van der Waals surface area contributed by atoms with Crippen molar-refractivity contribution in [2.75, 3.05) is 0 Å². The molecule has 0 bridgehead atoms. The number of hydrogen-bond acceptors (Lipinski definition) is 4. The Balaban J connectivity index is 1.44. The molecule has 3 aromatic heterocycles. The van der Waals surface area contributed by atoms with Crippen molar-refractivity contribution in [3.05, 3.63) is 75.1 Å². The summed E-state index contributed by atoms with van der Waals surface area (Å²) < 4.78 is 3.71. The maximum absolute atomic E-state index is 13.1. The van der Waals surface area contributed by atoms with Crippen LogP contribution < -0.4 is 5.56 Å². The minimum absolute atomic E-state index is 0.0655. The van der Waals surface area contributed by atoms with Crippen LogP contribution >= 0.6 is 11.3 Å². The molecule has 0 N–H and O–H groups in total. The third kappa shape index (κ3) is 2.86. The number of nitrogens with zero attached hydrogens (tertiary/aromatic N) is 4. The third-order valence-electron chi connectivity index (χ3n) is 6.30. The Bertz CT molecular complexity index is 1550. The fraction of sp³-hybridized carbons (Fsp3) is 0.240. The van der Waals surface area contributed by atoms with E-state index in [0.717, 1.165) is 41.6 Å². The zero-order valence-electron chi connectivity index (χ0n) is 17.3. The Hall–Kier alpha value is -3.25. The average Bonchev–Trinajstić information content (AvgIpc) is 3.34. The lowest BCUT2D eigenvalue weighted by atomic mass is 9.97. The van der Waals surface area contributed by atoms with Gasteiger partial charge < -0.3 is 4.57 Å². The van der Waals surface area contributed by atoms with Crippen molar-refractivity contribution in [3.8, 4) is 0 Å². The van der Waals surface area contributed by atoms with Crippen LogP contribution in [-0.4, -0.2) is 20.4 Å². The van der Waals surface area contributed by atoms with E-state index in [2.05, 4.69) is 64.0 Å². The van der Waals surface area contributed by atoms with Gasteiger partial charge in [-0.2, -0.15) is 9.78 Å². The highest BCUT2D eigenvalue weighted by Gasteiger charge is 2.19. The molecule has 0 fully saturated rings. The minimum atomic E-state index is -0.0655. The monoisotopic (exact) mass is 426 g/mol. The topological polar surface area (TPSA) is 52.2 Å². The van der Waals surface area contributed by atoms with Crippen molar-refractivity contribution >= 4 is 49.6 Å². The number of para-hydroxylation sites is 1. The Morgan fingerprint density at radius 1 is 1.10 bits per heavy atom. The number of fused-ring (bicyclic) bond motifs is 6. The van der Waals surface area contributed by atoms with Gasteiger partial charge >= 0.3 is 0 Å². The van der Waals surface area contributed by atoms with Crippen molar-refractivity contribution in [2.24, 2.45) is 5.10 Å². The highest BCUT2D eigenvalue weighted by Crippen LogP contribution is 2.33. The molecule has 1 aliphatic carbocycles. The van der Waals surface area contributed by atoms with Gasteiger partial charge in [-0.15, -0.1) is 11.3 Å². The summed E-state index contributed by atoms with van der Waals surface area (Å²) in [6, 6.07) is 14.8. The Morgan fingerprint density at radius 2 is 1.94 bits per heavy atom. The molecule has 0 atom stereocenters. The molecular weight excluding hydrogens is 404 g/mol. The summed E-state index contributed by atoms with van der Waals surface area (Å²) in [4.78, 5) is 19.8. The second-order valence-electron chi connectivity index (χ2n) is 8.07. The quantitative estimate of drug-likeness (QED) is 0.365. The summed E-state index contributed by atoms with van der Waals surface area (Å²) in [5, 5.41) is 7.69. The van der Waals surface area contributed by atoms with E-state index in [0.29, 0.717) is 0 Å². The first-order valence-electron chi connectivity index (χ1n) is 10.8. The van der Waals surface area contributed by atoms with Crippen molar-refractivity contribution in [2.45, 2.75) is 39.2 Å². The first kappa shape index (κ1) is 18.5. The van der Waals surface area contributed by atoms with Crippen LogP contribution in [0.1, 0.15) is 35.8 Å². The highest BCUT2D eigenvalue weighted by molar-refractivity contribution is 7.18. The van der Waals surface area contributed by atoms with Gasteiger partial charge in [0.25, 0.3) is 5.56 Å². The van der Waals surface area contributed by atoms with Crippen LogP contribution in [0.5, 0.6) is 0 Å². The molecule has 6 heteroatoms. The molecule has 0 amide bonds. The lowest BCUT2D eigenvalue weighted by molar-refractivity contribution is 0.699. The number of hydrogen-bond donors (Lipinski definition) is 0. The first-order valence-corrected chi connectivity index (χ1v) is 11.6. The predicted molar refractivity (Wildman–Crippen MR) is 129 cm³/mol. The van der Waals surface area contributed by atoms with Gasteiger partial charge in [-0.1, -0.05) is 24.3 Å². The van der Waals surface area contributed by atoms with E-state index >= 15 is 0 Å². The molecule has 0 saturated carbocycles. The van der Waals surface area contributed by atoms with Crippen LogP contribution in [0.15, 0.2) is 58.7 Å². The molecule has 0 saturated heterocycles. The minimum Gasteiger partial charge on any atom is -0.341 e. The molecule has 0 radical (unpaired) electrons. The van der Waals surface area contributed by atoms with Gasteiger partial charge in [0.1, 0.15) is 11.2 Å². The van der Waals surface area contributed by atoms with E-state index < -0.39 is 0 Å². The maximum atomic E-state index is 13.1. The number of benzene rings is 2. The average molecular weight is 427 g/mol. The summed E-state index contributed by atoms with van der Waals surface area (Å²) in [6.07, 6.45) is 7.67. The predicted octanol–water partition coefficient (Wildman–Crippen LogP) is 5.35. The van der Waals surface area contributed by atoms with Gasteiger partial charge in [0.2, 0.25) is 0 Å². The van der Waals surface area contributed by atoms with Gasteiger partial charge in [0, 0.05) is 33.2 Å². The van der Waals surface area contributed by atoms with Crippen molar-refractivity contribution in [3.63, 3.8) is 0 Å². The van der Waals surface area contributed by atoms with Crippen molar-refractivity contribution < 1.29 is 0 Å². The van der Waals surface area contributed by atoms with E-state index in [4.69, 9.17) is 0 Å². The fourth-order valence-corrected chi connectivity index (χ4v) is 6.06. The Morgan fingerprint density at radius 3 is 2.84 bits per heavy atom. The molecule has 0 unspecified atom stereocenters. The molecule has 154 valence electrons. The van der Waals surface area contributed by atoms with Crippen molar-refractivity contribution in [1.82, 2.24) is 14.2 Å². The molecule has 0 spiro atoms. The molecule has 5 nitrogen and oxygen atoms in total. The van der Waals surface area contributed by atoms with E-state index in [1.54, 1.807) is 23.9 Å². The maximum Gasteiger partial charge on any atom is 0.282 e. The molecule has 3 heterocycles. The van der Waals surface area contributed by atoms with E-state index in [9.17, 15) is 4.79 Å². The zero-order valence-corrected chi connectivity index (χ0v) is 18.2.